The summed E-state index contributed by atoms with van der Waals surface area (Å²) in [6.07, 6.45) is 2.46. The third-order valence-electron chi connectivity index (χ3n) is 3.71. The van der Waals surface area contributed by atoms with E-state index >= 15 is 0 Å². The molecule has 1 aliphatic rings. The summed E-state index contributed by atoms with van der Waals surface area (Å²) in [6, 6.07) is 7.85. The maximum absolute atomic E-state index is 12.1. The van der Waals surface area contributed by atoms with E-state index in [9.17, 15) is 4.79 Å². The number of carbonyl (C=O) groups is 1. The van der Waals surface area contributed by atoms with Crippen LogP contribution in [0.3, 0.4) is 0 Å². The van der Waals surface area contributed by atoms with Crippen LogP contribution in [0.15, 0.2) is 24.3 Å². The Morgan fingerprint density at radius 2 is 2.20 bits per heavy atom. The molecule has 1 saturated carbocycles. The SMILES string of the molecule is CN(C(=O)COCC1CC1)c1nc2ccccc2n1C. The van der Waals surface area contributed by atoms with Crippen molar-refractivity contribution in [3.63, 3.8) is 0 Å². The first-order chi connectivity index (χ1) is 9.66. The van der Waals surface area contributed by atoms with Gasteiger partial charge in [0.25, 0.3) is 5.91 Å². The molecule has 106 valence electrons. The molecule has 1 aromatic heterocycles. The Balaban J connectivity index is 1.71. The molecule has 0 saturated heterocycles. The van der Waals surface area contributed by atoms with Gasteiger partial charge in [-0.25, -0.2) is 4.98 Å². The Morgan fingerprint density at radius 3 is 2.90 bits per heavy atom. The zero-order valence-electron chi connectivity index (χ0n) is 11.9. The first-order valence-electron chi connectivity index (χ1n) is 6.92. The van der Waals surface area contributed by atoms with E-state index in [1.807, 2.05) is 35.9 Å². The van der Waals surface area contributed by atoms with E-state index in [-0.39, 0.29) is 12.5 Å². The van der Waals surface area contributed by atoms with Gasteiger partial charge in [-0.3, -0.25) is 9.69 Å². The number of anilines is 1. The van der Waals surface area contributed by atoms with Gasteiger partial charge in [-0.2, -0.15) is 0 Å². The quantitative estimate of drug-likeness (QED) is 0.836. The van der Waals surface area contributed by atoms with Crippen molar-refractivity contribution in [2.24, 2.45) is 13.0 Å². The maximum atomic E-state index is 12.1. The van der Waals surface area contributed by atoms with Crippen molar-refractivity contribution in [3.05, 3.63) is 24.3 Å². The smallest absolute Gasteiger partial charge is 0.255 e. The van der Waals surface area contributed by atoms with Gasteiger partial charge >= 0.3 is 0 Å². The van der Waals surface area contributed by atoms with Crippen LogP contribution in [-0.4, -0.2) is 35.7 Å². The number of amides is 1. The lowest BCUT2D eigenvalue weighted by Gasteiger charge is -2.16. The lowest BCUT2D eigenvalue weighted by atomic mass is 10.3. The first-order valence-corrected chi connectivity index (χ1v) is 6.92. The molecule has 1 amide bonds. The van der Waals surface area contributed by atoms with Crippen LogP contribution in [0, 0.1) is 5.92 Å². The van der Waals surface area contributed by atoms with E-state index in [0.717, 1.165) is 11.0 Å². The normalized spacial score (nSPS) is 14.7. The first kappa shape index (κ1) is 13.1. The van der Waals surface area contributed by atoms with Crippen molar-refractivity contribution < 1.29 is 9.53 Å². The van der Waals surface area contributed by atoms with Gasteiger partial charge in [0, 0.05) is 14.1 Å². The number of rotatable bonds is 5. The minimum absolute atomic E-state index is 0.0657. The highest BCUT2D eigenvalue weighted by atomic mass is 16.5. The number of hydrogen-bond donors (Lipinski definition) is 0. The Bertz CT molecular complexity index is 631. The predicted octanol–water partition coefficient (Wildman–Crippen LogP) is 1.96. The van der Waals surface area contributed by atoms with Crippen molar-refractivity contribution >= 4 is 22.9 Å². The minimum Gasteiger partial charge on any atom is -0.371 e. The Labute approximate surface area is 118 Å². The van der Waals surface area contributed by atoms with Gasteiger partial charge in [-0.15, -0.1) is 0 Å². The van der Waals surface area contributed by atoms with Crippen LogP contribution >= 0.6 is 0 Å². The molecule has 0 aliphatic heterocycles. The van der Waals surface area contributed by atoms with Crippen LogP contribution in [-0.2, 0) is 16.6 Å². The topological polar surface area (TPSA) is 47.4 Å². The van der Waals surface area contributed by atoms with E-state index in [1.54, 1.807) is 11.9 Å². The number of aryl methyl sites for hydroxylation is 1. The van der Waals surface area contributed by atoms with Crippen LogP contribution in [0.1, 0.15) is 12.8 Å². The summed E-state index contributed by atoms with van der Waals surface area (Å²) >= 11 is 0. The fourth-order valence-corrected chi connectivity index (χ4v) is 2.24. The summed E-state index contributed by atoms with van der Waals surface area (Å²) in [5.74, 6) is 1.25. The van der Waals surface area contributed by atoms with Gasteiger partial charge in [0.15, 0.2) is 0 Å². The van der Waals surface area contributed by atoms with Gasteiger partial charge in [-0.05, 0) is 30.9 Å². The molecule has 5 nitrogen and oxygen atoms in total. The molecular formula is C15H19N3O2. The fourth-order valence-electron chi connectivity index (χ4n) is 2.24. The zero-order chi connectivity index (χ0) is 14.1. The predicted molar refractivity (Wildman–Crippen MR) is 77.7 cm³/mol. The number of nitrogens with zero attached hydrogens (tertiary/aromatic N) is 3. The molecule has 0 atom stereocenters. The highest BCUT2D eigenvalue weighted by Crippen LogP contribution is 2.28. The molecule has 5 heteroatoms. The third kappa shape index (κ3) is 2.54. The van der Waals surface area contributed by atoms with E-state index < -0.39 is 0 Å². The second-order valence-corrected chi connectivity index (χ2v) is 5.37. The Morgan fingerprint density at radius 1 is 1.45 bits per heavy atom. The molecule has 1 aromatic carbocycles. The Hall–Kier alpha value is -1.88. The highest BCUT2D eigenvalue weighted by Gasteiger charge is 2.23. The molecular weight excluding hydrogens is 254 g/mol. The number of fused-ring (bicyclic) bond motifs is 1. The lowest BCUT2D eigenvalue weighted by molar-refractivity contribution is -0.123. The number of aromatic nitrogens is 2. The van der Waals surface area contributed by atoms with E-state index in [2.05, 4.69) is 4.98 Å². The second-order valence-electron chi connectivity index (χ2n) is 5.37. The van der Waals surface area contributed by atoms with Crippen LogP contribution in [0.4, 0.5) is 5.95 Å². The number of para-hydroxylation sites is 2. The van der Waals surface area contributed by atoms with Gasteiger partial charge < -0.3 is 9.30 Å². The summed E-state index contributed by atoms with van der Waals surface area (Å²) in [5, 5.41) is 0. The molecule has 0 spiro atoms. The highest BCUT2D eigenvalue weighted by molar-refractivity contribution is 5.94. The van der Waals surface area contributed by atoms with Crippen molar-refractivity contribution in [1.29, 1.82) is 0 Å². The van der Waals surface area contributed by atoms with Crippen LogP contribution in [0.2, 0.25) is 0 Å². The van der Waals surface area contributed by atoms with Gasteiger partial charge in [0.1, 0.15) is 6.61 Å². The summed E-state index contributed by atoms with van der Waals surface area (Å²) in [6.45, 7) is 0.818. The van der Waals surface area contributed by atoms with Crippen molar-refractivity contribution in [1.82, 2.24) is 9.55 Å². The molecule has 1 heterocycles. The summed E-state index contributed by atoms with van der Waals surface area (Å²) in [7, 11) is 3.66. The minimum atomic E-state index is -0.0657. The molecule has 2 aromatic rings. The average Bonchev–Trinajstić information content (AvgIpc) is 3.22. The standard InChI is InChI=1S/C15H19N3O2/c1-17-13-6-4-3-5-12(13)16-15(17)18(2)14(19)10-20-9-11-7-8-11/h3-6,11H,7-10H2,1-2H3. The van der Waals surface area contributed by atoms with E-state index in [0.29, 0.717) is 18.5 Å². The zero-order valence-corrected chi connectivity index (χ0v) is 11.9. The second kappa shape index (κ2) is 5.25. The average molecular weight is 273 g/mol. The summed E-state index contributed by atoms with van der Waals surface area (Å²) in [5.41, 5.74) is 1.91. The molecule has 0 radical (unpaired) electrons. The van der Waals surface area contributed by atoms with E-state index in [1.165, 1.54) is 12.8 Å². The monoisotopic (exact) mass is 273 g/mol. The number of hydrogen-bond acceptors (Lipinski definition) is 3. The molecule has 0 bridgehead atoms. The fraction of sp³-hybridized carbons (Fsp3) is 0.467. The van der Waals surface area contributed by atoms with Crippen LogP contribution in [0.5, 0.6) is 0 Å². The molecule has 0 N–H and O–H groups in total. The Kier molecular flexibility index (Phi) is 3.44. The maximum Gasteiger partial charge on any atom is 0.255 e. The van der Waals surface area contributed by atoms with Crippen LogP contribution in [0.25, 0.3) is 11.0 Å². The van der Waals surface area contributed by atoms with Crippen molar-refractivity contribution in [3.8, 4) is 0 Å². The molecule has 0 unspecified atom stereocenters. The van der Waals surface area contributed by atoms with Gasteiger partial charge in [-0.1, -0.05) is 12.1 Å². The summed E-state index contributed by atoms with van der Waals surface area (Å²) < 4.78 is 7.37. The van der Waals surface area contributed by atoms with E-state index in [4.69, 9.17) is 4.74 Å². The van der Waals surface area contributed by atoms with Crippen LogP contribution < -0.4 is 4.90 Å². The largest absolute Gasteiger partial charge is 0.371 e. The molecule has 1 fully saturated rings. The number of likely N-dealkylation sites (N-methyl/N-ethyl adjacent to an activating group) is 1. The number of ether oxygens (including phenoxy) is 1. The van der Waals surface area contributed by atoms with Gasteiger partial charge in [0.05, 0.1) is 17.6 Å². The molecule has 20 heavy (non-hydrogen) atoms. The molecule has 3 rings (SSSR count). The van der Waals surface area contributed by atoms with Crippen molar-refractivity contribution in [2.45, 2.75) is 12.8 Å². The lowest BCUT2D eigenvalue weighted by Crippen LogP contribution is -2.32. The molecule has 1 aliphatic carbocycles. The number of imidazole rings is 1. The number of carbonyl (C=O) groups excluding carboxylic acids is 1. The summed E-state index contributed by atoms with van der Waals surface area (Å²) in [4.78, 5) is 18.2. The third-order valence-corrected chi connectivity index (χ3v) is 3.71. The number of benzene rings is 1. The van der Waals surface area contributed by atoms with Crippen molar-refractivity contribution in [2.75, 3.05) is 25.2 Å². The van der Waals surface area contributed by atoms with Gasteiger partial charge in [0.2, 0.25) is 5.95 Å².